The molecular formula is C14H16ClN5. The predicted octanol–water partition coefficient (Wildman–Crippen LogP) is 2.40. The molecule has 0 saturated carbocycles. The van der Waals surface area contributed by atoms with Gasteiger partial charge >= 0.3 is 0 Å². The molecule has 0 amide bonds. The zero-order chi connectivity index (χ0) is 13.9. The number of nitrogens with one attached hydrogen (secondary N) is 1. The number of nitrogens with two attached hydrogens (primary N) is 1. The molecule has 0 spiro atoms. The molecule has 1 atom stereocenters. The molecule has 20 heavy (non-hydrogen) atoms. The third kappa shape index (κ3) is 2.93. The monoisotopic (exact) mass is 289 g/mol. The van der Waals surface area contributed by atoms with Gasteiger partial charge in [-0.25, -0.2) is 4.98 Å². The van der Waals surface area contributed by atoms with Gasteiger partial charge in [0.15, 0.2) is 0 Å². The maximum atomic E-state index is 5.88. The average Bonchev–Trinajstić information content (AvgIpc) is 2.87. The summed E-state index contributed by atoms with van der Waals surface area (Å²) in [6, 6.07) is 12.4. The molecule has 1 aliphatic rings. The molecule has 1 saturated heterocycles. The van der Waals surface area contributed by atoms with Gasteiger partial charge < -0.3 is 16.0 Å². The van der Waals surface area contributed by atoms with Crippen molar-refractivity contribution in [2.75, 3.05) is 29.0 Å². The highest BCUT2D eigenvalue weighted by Crippen LogP contribution is 2.22. The third-order valence-corrected chi connectivity index (χ3v) is 3.57. The molecule has 6 heteroatoms. The van der Waals surface area contributed by atoms with Gasteiger partial charge in [-0.15, -0.1) is 0 Å². The molecule has 2 heterocycles. The van der Waals surface area contributed by atoms with E-state index in [-0.39, 0.29) is 5.95 Å². The molecule has 0 radical (unpaired) electrons. The van der Waals surface area contributed by atoms with Crippen LogP contribution in [0.25, 0.3) is 0 Å². The Kier molecular flexibility index (Phi) is 3.60. The first-order valence-electron chi connectivity index (χ1n) is 6.57. The summed E-state index contributed by atoms with van der Waals surface area (Å²) >= 11 is 5.88. The van der Waals surface area contributed by atoms with E-state index in [1.54, 1.807) is 6.07 Å². The Bertz CT molecular complexity index is 569. The minimum atomic E-state index is 0.193. The van der Waals surface area contributed by atoms with E-state index in [9.17, 15) is 0 Å². The van der Waals surface area contributed by atoms with Gasteiger partial charge in [-0.2, -0.15) is 4.98 Å². The smallest absolute Gasteiger partial charge is 0.223 e. The van der Waals surface area contributed by atoms with Crippen LogP contribution in [-0.4, -0.2) is 29.1 Å². The van der Waals surface area contributed by atoms with E-state index in [2.05, 4.69) is 44.5 Å². The van der Waals surface area contributed by atoms with Gasteiger partial charge in [-0.05, 0) is 18.6 Å². The fraction of sp³-hybridized carbons (Fsp3) is 0.286. The molecule has 0 aliphatic carbocycles. The molecule has 1 aliphatic heterocycles. The van der Waals surface area contributed by atoms with Crippen LogP contribution in [0.2, 0.25) is 5.15 Å². The summed E-state index contributed by atoms with van der Waals surface area (Å²) in [5, 5.41) is 3.72. The first-order valence-corrected chi connectivity index (χ1v) is 6.95. The number of hydrogen-bond donors (Lipinski definition) is 2. The van der Waals surface area contributed by atoms with Crippen molar-refractivity contribution in [2.45, 2.75) is 12.5 Å². The van der Waals surface area contributed by atoms with Crippen molar-refractivity contribution in [3.8, 4) is 0 Å². The van der Waals surface area contributed by atoms with Crippen molar-refractivity contribution in [3.05, 3.63) is 41.6 Å². The Labute approximate surface area is 122 Å². The Balaban J connectivity index is 1.66. The van der Waals surface area contributed by atoms with E-state index in [0.29, 0.717) is 17.0 Å². The van der Waals surface area contributed by atoms with Crippen LogP contribution >= 0.6 is 11.6 Å². The molecule has 5 nitrogen and oxygen atoms in total. The van der Waals surface area contributed by atoms with Crippen LogP contribution < -0.4 is 16.0 Å². The highest BCUT2D eigenvalue weighted by Gasteiger charge is 2.22. The number of para-hydroxylation sites is 1. The van der Waals surface area contributed by atoms with Gasteiger partial charge in [-0.3, -0.25) is 0 Å². The lowest BCUT2D eigenvalue weighted by Gasteiger charge is -2.19. The van der Waals surface area contributed by atoms with Gasteiger partial charge in [0.1, 0.15) is 11.0 Å². The van der Waals surface area contributed by atoms with Crippen LogP contribution in [0.4, 0.5) is 17.5 Å². The van der Waals surface area contributed by atoms with Gasteiger partial charge in [-0.1, -0.05) is 29.8 Å². The maximum absolute atomic E-state index is 5.88. The lowest BCUT2D eigenvalue weighted by Crippen LogP contribution is -2.26. The predicted molar refractivity (Wildman–Crippen MR) is 82.1 cm³/mol. The molecule has 1 aromatic carbocycles. The molecule has 1 aromatic heterocycles. The number of halogens is 1. The normalized spacial score (nSPS) is 18.2. The highest BCUT2D eigenvalue weighted by atomic mass is 35.5. The average molecular weight is 290 g/mol. The van der Waals surface area contributed by atoms with Gasteiger partial charge in [0.05, 0.1) is 0 Å². The third-order valence-electron chi connectivity index (χ3n) is 3.37. The number of rotatable bonds is 3. The van der Waals surface area contributed by atoms with Crippen LogP contribution in [-0.2, 0) is 0 Å². The van der Waals surface area contributed by atoms with Crippen LogP contribution in [0.3, 0.4) is 0 Å². The second-order valence-electron chi connectivity index (χ2n) is 4.85. The summed E-state index contributed by atoms with van der Waals surface area (Å²) < 4.78 is 0. The Morgan fingerprint density at radius 3 is 2.80 bits per heavy atom. The molecule has 0 bridgehead atoms. The minimum Gasteiger partial charge on any atom is -0.369 e. The van der Waals surface area contributed by atoms with Gasteiger partial charge in [0.25, 0.3) is 0 Å². The second-order valence-corrected chi connectivity index (χ2v) is 5.23. The number of benzene rings is 1. The second kappa shape index (κ2) is 5.54. The number of hydrogen-bond acceptors (Lipinski definition) is 5. The number of anilines is 3. The maximum Gasteiger partial charge on any atom is 0.223 e. The number of nitrogen functional groups attached to an aromatic ring is 1. The zero-order valence-electron chi connectivity index (χ0n) is 11.0. The standard InChI is InChI=1S/C14H16ClN5/c15-12-8-13(19-14(16)18-12)17-10-6-7-20(9-10)11-4-2-1-3-5-11/h1-5,8,10H,6-7,9H2,(H3,16,17,18,19). The lowest BCUT2D eigenvalue weighted by atomic mass is 10.2. The SMILES string of the molecule is Nc1nc(Cl)cc(NC2CCN(c3ccccc3)C2)n1. The van der Waals surface area contributed by atoms with Crippen molar-refractivity contribution >= 4 is 29.1 Å². The quantitative estimate of drug-likeness (QED) is 0.849. The molecular weight excluding hydrogens is 274 g/mol. The van der Waals surface area contributed by atoms with Gasteiger partial charge in [0.2, 0.25) is 5.95 Å². The topological polar surface area (TPSA) is 67.1 Å². The molecule has 3 N–H and O–H groups in total. The van der Waals surface area contributed by atoms with E-state index >= 15 is 0 Å². The van der Waals surface area contributed by atoms with Crippen LogP contribution in [0, 0.1) is 0 Å². The van der Waals surface area contributed by atoms with Crippen molar-refractivity contribution in [1.82, 2.24) is 9.97 Å². The Morgan fingerprint density at radius 1 is 1.25 bits per heavy atom. The Morgan fingerprint density at radius 2 is 2.05 bits per heavy atom. The van der Waals surface area contributed by atoms with E-state index in [4.69, 9.17) is 17.3 Å². The van der Waals surface area contributed by atoms with Crippen molar-refractivity contribution in [2.24, 2.45) is 0 Å². The fourth-order valence-electron chi connectivity index (χ4n) is 2.47. The van der Waals surface area contributed by atoms with Crippen LogP contribution in [0.15, 0.2) is 36.4 Å². The van der Waals surface area contributed by atoms with Crippen LogP contribution in [0.5, 0.6) is 0 Å². The molecule has 1 unspecified atom stereocenters. The summed E-state index contributed by atoms with van der Waals surface area (Å²) in [5.74, 6) is 0.875. The zero-order valence-corrected chi connectivity index (χ0v) is 11.7. The van der Waals surface area contributed by atoms with Crippen molar-refractivity contribution in [1.29, 1.82) is 0 Å². The van der Waals surface area contributed by atoms with E-state index in [0.717, 1.165) is 19.5 Å². The Hall–Kier alpha value is -2.01. The summed E-state index contributed by atoms with van der Waals surface area (Å²) in [6.45, 7) is 1.96. The first-order chi connectivity index (χ1) is 9.70. The van der Waals surface area contributed by atoms with Crippen molar-refractivity contribution in [3.63, 3.8) is 0 Å². The lowest BCUT2D eigenvalue weighted by molar-refractivity contribution is 0.800. The number of nitrogens with zero attached hydrogens (tertiary/aromatic N) is 3. The fourth-order valence-corrected chi connectivity index (χ4v) is 2.66. The van der Waals surface area contributed by atoms with Gasteiger partial charge in [0, 0.05) is 30.9 Å². The van der Waals surface area contributed by atoms with Crippen molar-refractivity contribution < 1.29 is 0 Å². The molecule has 104 valence electrons. The highest BCUT2D eigenvalue weighted by molar-refractivity contribution is 6.29. The molecule has 3 rings (SSSR count). The molecule has 1 fully saturated rings. The summed E-state index contributed by atoms with van der Waals surface area (Å²) in [5.41, 5.74) is 6.84. The first kappa shape index (κ1) is 13.0. The summed E-state index contributed by atoms with van der Waals surface area (Å²) in [6.07, 6.45) is 1.05. The largest absolute Gasteiger partial charge is 0.369 e. The van der Waals surface area contributed by atoms with E-state index < -0.39 is 0 Å². The van der Waals surface area contributed by atoms with E-state index in [1.807, 2.05) is 6.07 Å². The van der Waals surface area contributed by atoms with Crippen LogP contribution in [0.1, 0.15) is 6.42 Å². The summed E-state index contributed by atoms with van der Waals surface area (Å²) in [4.78, 5) is 10.4. The number of aromatic nitrogens is 2. The minimum absolute atomic E-state index is 0.193. The summed E-state index contributed by atoms with van der Waals surface area (Å²) in [7, 11) is 0. The molecule has 2 aromatic rings. The van der Waals surface area contributed by atoms with E-state index in [1.165, 1.54) is 5.69 Å².